The molecule has 0 heterocycles. The molecule has 1 aromatic rings. The zero-order valence-corrected chi connectivity index (χ0v) is 12.0. The lowest BCUT2D eigenvalue weighted by molar-refractivity contribution is 0.413. The third kappa shape index (κ3) is 2.86. The highest BCUT2D eigenvalue weighted by Crippen LogP contribution is 2.47. The molecular weight excluding hydrogens is 222 g/mol. The van der Waals surface area contributed by atoms with Gasteiger partial charge in [0.25, 0.3) is 0 Å². The molecule has 1 aromatic carbocycles. The minimum absolute atomic E-state index is 0.519. The molecule has 18 heavy (non-hydrogen) atoms. The van der Waals surface area contributed by atoms with Crippen molar-refractivity contribution in [3.05, 3.63) is 29.3 Å². The Balaban J connectivity index is 2.19. The Hall–Kier alpha value is -1.02. The molecule has 0 bridgehead atoms. The minimum Gasteiger partial charge on any atom is -0.497 e. The Kier molecular flexibility index (Phi) is 4.28. The van der Waals surface area contributed by atoms with E-state index in [2.05, 4.69) is 44.3 Å². The fourth-order valence-electron chi connectivity index (χ4n) is 2.73. The fraction of sp³-hybridized carbons (Fsp3) is 0.625. The molecule has 0 radical (unpaired) electrons. The van der Waals surface area contributed by atoms with Crippen LogP contribution in [-0.2, 0) is 0 Å². The lowest BCUT2D eigenvalue weighted by atomic mass is 9.96. The van der Waals surface area contributed by atoms with Gasteiger partial charge in [0.1, 0.15) is 5.75 Å². The van der Waals surface area contributed by atoms with E-state index in [1.807, 2.05) is 0 Å². The van der Waals surface area contributed by atoms with Crippen molar-refractivity contribution in [3.8, 4) is 5.75 Å². The van der Waals surface area contributed by atoms with Crippen LogP contribution in [0.2, 0.25) is 0 Å². The molecule has 3 atom stereocenters. The van der Waals surface area contributed by atoms with E-state index in [1.165, 1.54) is 24.0 Å². The second-order valence-electron chi connectivity index (χ2n) is 5.53. The van der Waals surface area contributed by atoms with Gasteiger partial charge in [-0.1, -0.05) is 19.9 Å². The third-order valence-electron chi connectivity index (χ3n) is 4.03. The van der Waals surface area contributed by atoms with Gasteiger partial charge in [0.15, 0.2) is 0 Å². The minimum atomic E-state index is 0.519. The Morgan fingerprint density at radius 1 is 1.44 bits per heavy atom. The van der Waals surface area contributed by atoms with Crippen molar-refractivity contribution in [2.75, 3.05) is 13.7 Å². The zero-order chi connectivity index (χ0) is 13.1. The van der Waals surface area contributed by atoms with Gasteiger partial charge in [-0.15, -0.1) is 0 Å². The Labute approximate surface area is 111 Å². The zero-order valence-electron chi connectivity index (χ0n) is 12.0. The van der Waals surface area contributed by atoms with Crippen LogP contribution >= 0.6 is 0 Å². The van der Waals surface area contributed by atoms with Crippen molar-refractivity contribution in [1.29, 1.82) is 0 Å². The lowest BCUT2D eigenvalue weighted by Crippen LogP contribution is -2.25. The second-order valence-corrected chi connectivity index (χ2v) is 5.53. The molecule has 1 N–H and O–H groups in total. The van der Waals surface area contributed by atoms with E-state index in [9.17, 15) is 0 Å². The number of hydrogen-bond acceptors (Lipinski definition) is 2. The van der Waals surface area contributed by atoms with Crippen LogP contribution in [0.5, 0.6) is 5.75 Å². The van der Waals surface area contributed by atoms with Gasteiger partial charge in [-0.05, 0) is 61.4 Å². The van der Waals surface area contributed by atoms with Crippen molar-refractivity contribution in [2.24, 2.45) is 11.8 Å². The van der Waals surface area contributed by atoms with Crippen LogP contribution in [0.4, 0.5) is 0 Å². The van der Waals surface area contributed by atoms with Gasteiger partial charge in [-0.2, -0.15) is 0 Å². The first kappa shape index (κ1) is 13.4. The van der Waals surface area contributed by atoms with E-state index in [0.717, 1.165) is 24.1 Å². The third-order valence-corrected chi connectivity index (χ3v) is 4.03. The molecule has 100 valence electrons. The van der Waals surface area contributed by atoms with Crippen LogP contribution in [0.25, 0.3) is 0 Å². The average Bonchev–Trinajstić information content (AvgIpc) is 3.08. The average molecular weight is 247 g/mol. The molecule has 2 rings (SSSR count). The van der Waals surface area contributed by atoms with Gasteiger partial charge in [0, 0.05) is 6.04 Å². The largest absolute Gasteiger partial charge is 0.497 e. The van der Waals surface area contributed by atoms with Crippen molar-refractivity contribution in [1.82, 2.24) is 5.32 Å². The van der Waals surface area contributed by atoms with Crippen LogP contribution in [0, 0.1) is 18.8 Å². The van der Waals surface area contributed by atoms with E-state index < -0.39 is 0 Å². The number of methoxy groups -OCH3 is 1. The Bertz CT molecular complexity index is 402. The van der Waals surface area contributed by atoms with Gasteiger partial charge >= 0.3 is 0 Å². The summed E-state index contributed by atoms with van der Waals surface area (Å²) in [5, 5.41) is 3.72. The quantitative estimate of drug-likeness (QED) is 0.827. The maximum atomic E-state index is 5.29. The lowest BCUT2D eigenvalue weighted by Gasteiger charge is -2.21. The van der Waals surface area contributed by atoms with Crippen LogP contribution < -0.4 is 10.1 Å². The van der Waals surface area contributed by atoms with Gasteiger partial charge in [-0.25, -0.2) is 0 Å². The summed E-state index contributed by atoms with van der Waals surface area (Å²) in [7, 11) is 1.73. The summed E-state index contributed by atoms with van der Waals surface area (Å²) in [6.07, 6.45) is 2.54. The van der Waals surface area contributed by atoms with Crippen molar-refractivity contribution in [2.45, 2.75) is 39.7 Å². The second kappa shape index (κ2) is 5.75. The molecule has 0 spiro atoms. The van der Waals surface area contributed by atoms with E-state index in [0.29, 0.717) is 6.04 Å². The molecule has 2 nitrogen and oxygen atoms in total. The topological polar surface area (TPSA) is 21.3 Å². The highest BCUT2D eigenvalue weighted by atomic mass is 16.5. The number of nitrogens with one attached hydrogen (secondary N) is 1. The molecule has 1 fully saturated rings. The molecule has 1 aliphatic rings. The molecule has 0 saturated heterocycles. The number of rotatable bonds is 6. The van der Waals surface area contributed by atoms with Gasteiger partial charge in [0.2, 0.25) is 0 Å². The summed E-state index contributed by atoms with van der Waals surface area (Å²) in [4.78, 5) is 0. The van der Waals surface area contributed by atoms with Crippen molar-refractivity contribution in [3.63, 3.8) is 0 Å². The first-order valence-corrected chi connectivity index (χ1v) is 7.05. The molecule has 1 aliphatic carbocycles. The molecule has 3 unspecified atom stereocenters. The first-order valence-electron chi connectivity index (χ1n) is 7.05. The number of aryl methyl sites for hydroxylation is 1. The molecule has 2 heteroatoms. The maximum absolute atomic E-state index is 5.29. The molecule has 0 aromatic heterocycles. The summed E-state index contributed by atoms with van der Waals surface area (Å²) in [5.41, 5.74) is 2.78. The van der Waals surface area contributed by atoms with Crippen LogP contribution in [0.3, 0.4) is 0 Å². The van der Waals surface area contributed by atoms with E-state index >= 15 is 0 Å². The summed E-state index contributed by atoms with van der Waals surface area (Å²) >= 11 is 0. The number of ether oxygens (including phenoxy) is 1. The maximum Gasteiger partial charge on any atom is 0.119 e. The summed E-state index contributed by atoms with van der Waals surface area (Å²) in [6, 6.07) is 6.97. The molecular formula is C16H25NO. The fourth-order valence-corrected chi connectivity index (χ4v) is 2.73. The van der Waals surface area contributed by atoms with E-state index in [4.69, 9.17) is 4.74 Å². The van der Waals surface area contributed by atoms with Crippen LogP contribution in [-0.4, -0.2) is 13.7 Å². The first-order chi connectivity index (χ1) is 8.67. The summed E-state index contributed by atoms with van der Waals surface area (Å²) in [5.74, 6) is 2.62. The smallest absolute Gasteiger partial charge is 0.119 e. The molecule has 1 saturated carbocycles. The van der Waals surface area contributed by atoms with E-state index in [-0.39, 0.29) is 0 Å². The highest BCUT2D eigenvalue weighted by Gasteiger charge is 2.40. The van der Waals surface area contributed by atoms with Crippen molar-refractivity contribution < 1.29 is 4.74 Å². The molecule has 0 amide bonds. The monoisotopic (exact) mass is 247 g/mol. The standard InChI is InChI=1S/C16H25NO/c1-5-8-17-16(15-10-12(15)3)14-7-6-13(18-4)9-11(14)2/h6-7,9,12,15-17H,5,8,10H2,1-4H3. The van der Waals surface area contributed by atoms with Gasteiger partial charge in [-0.3, -0.25) is 0 Å². The van der Waals surface area contributed by atoms with Gasteiger partial charge in [0.05, 0.1) is 7.11 Å². The van der Waals surface area contributed by atoms with Gasteiger partial charge < -0.3 is 10.1 Å². The highest BCUT2D eigenvalue weighted by molar-refractivity contribution is 5.37. The van der Waals surface area contributed by atoms with Crippen LogP contribution in [0.1, 0.15) is 43.9 Å². The summed E-state index contributed by atoms with van der Waals surface area (Å²) < 4.78 is 5.29. The van der Waals surface area contributed by atoms with E-state index in [1.54, 1.807) is 7.11 Å². The predicted molar refractivity (Wildman–Crippen MR) is 76.0 cm³/mol. The Morgan fingerprint density at radius 3 is 2.67 bits per heavy atom. The number of hydrogen-bond donors (Lipinski definition) is 1. The predicted octanol–water partition coefficient (Wildman–Crippen LogP) is 3.70. The van der Waals surface area contributed by atoms with Crippen molar-refractivity contribution >= 4 is 0 Å². The normalized spacial score (nSPS) is 23.8. The van der Waals surface area contributed by atoms with Crippen LogP contribution in [0.15, 0.2) is 18.2 Å². The number of benzene rings is 1. The SMILES string of the molecule is CCCNC(c1ccc(OC)cc1C)C1CC1C. The molecule has 0 aliphatic heterocycles. The Morgan fingerprint density at radius 2 is 2.17 bits per heavy atom. The summed E-state index contributed by atoms with van der Waals surface area (Å²) in [6.45, 7) is 7.86.